The second-order valence-electron chi connectivity index (χ2n) is 6.84. The topological polar surface area (TPSA) is 54.6 Å². The number of nitrogens with zero attached hydrogens (tertiary/aromatic N) is 2. The Bertz CT molecular complexity index is 1140. The molecule has 0 aliphatic rings. The molecule has 0 aliphatic carbocycles. The van der Waals surface area contributed by atoms with Gasteiger partial charge in [-0.3, -0.25) is 9.20 Å². The number of carboxylic acid groups (broad SMARTS) is 1. The van der Waals surface area contributed by atoms with Crippen molar-refractivity contribution in [3.63, 3.8) is 0 Å². The van der Waals surface area contributed by atoms with Crippen LogP contribution in [0, 0.1) is 20.8 Å². The first-order chi connectivity index (χ1) is 12.9. The van der Waals surface area contributed by atoms with Gasteiger partial charge in [-0.25, -0.2) is 4.98 Å². The molecule has 2 heterocycles. The average Bonchev–Trinajstić information content (AvgIpc) is 3.12. The molecule has 0 amide bonds. The van der Waals surface area contributed by atoms with Crippen LogP contribution in [0.2, 0.25) is 0 Å². The van der Waals surface area contributed by atoms with E-state index in [1.165, 1.54) is 22.5 Å². The van der Waals surface area contributed by atoms with Crippen LogP contribution < -0.4 is 0 Å². The monoisotopic (exact) mass is 376 g/mol. The Morgan fingerprint density at radius 2 is 1.52 bits per heavy atom. The second-order valence-corrected chi connectivity index (χ2v) is 7.90. The maximum absolute atomic E-state index is 11.4. The van der Waals surface area contributed by atoms with Gasteiger partial charge in [0.25, 0.3) is 0 Å². The number of aliphatic carboxylic acids is 1. The average molecular weight is 376 g/mol. The van der Waals surface area contributed by atoms with E-state index in [4.69, 9.17) is 4.98 Å². The van der Waals surface area contributed by atoms with Gasteiger partial charge in [-0.05, 0) is 26.3 Å². The maximum Gasteiger partial charge on any atom is 0.308 e. The first-order valence-electron chi connectivity index (χ1n) is 8.80. The highest BCUT2D eigenvalue weighted by atomic mass is 32.1. The van der Waals surface area contributed by atoms with Crippen LogP contribution in [0.25, 0.3) is 27.5 Å². The van der Waals surface area contributed by atoms with Crippen molar-refractivity contribution in [2.75, 3.05) is 0 Å². The molecule has 136 valence electrons. The van der Waals surface area contributed by atoms with E-state index in [0.29, 0.717) is 0 Å². The number of thiazole rings is 1. The molecule has 27 heavy (non-hydrogen) atoms. The lowest BCUT2D eigenvalue weighted by atomic mass is 10.1. The molecule has 4 rings (SSSR count). The zero-order valence-corrected chi connectivity index (χ0v) is 16.3. The Balaban J connectivity index is 1.95. The minimum Gasteiger partial charge on any atom is -0.481 e. The number of carbonyl (C=O) groups is 1. The number of hydrogen-bond acceptors (Lipinski definition) is 3. The number of benzene rings is 2. The molecule has 2 aromatic carbocycles. The van der Waals surface area contributed by atoms with Gasteiger partial charge in [-0.1, -0.05) is 59.7 Å². The van der Waals surface area contributed by atoms with Crippen molar-refractivity contribution in [2.24, 2.45) is 0 Å². The van der Waals surface area contributed by atoms with E-state index < -0.39 is 5.97 Å². The largest absolute Gasteiger partial charge is 0.481 e. The highest BCUT2D eigenvalue weighted by Gasteiger charge is 2.21. The fourth-order valence-corrected chi connectivity index (χ4v) is 4.51. The lowest BCUT2D eigenvalue weighted by Crippen LogP contribution is -2.01. The standard InChI is InChI=1S/C22H20N2O2S/c1-13-4-8-16(9-5-13)20-15(3)24-21(17-10-6-14(2)7-11-17)18(12-19(25)26)27-22(24)23-20/h4-11H,12H2,1-3H3,(H,25,26). The molecule has 1 N–H and O–H groups in total. The summed E-state index contributed by atoms with van der Waals surface area (Å²) in [4.78, 5) is 17.9. The van der Waals surface area contributed by atoms with Crippen LogP contribution in [0.1, 0.15) is 21.7 Å². The van der Waals surface area contributed by atoms with Gasteiger partial charge in [0.2, 0.25) is 0 Å². The van der Waals surface area contributed by atoms with Crippen molar-refractivity contribution in [1.29, 1.82) is 0 Å². The molecule has 0 atom stereocenters. The Morgan fingerprint density at radius 1 is 0.963 bits per heavy atom. The number of fused-ring (bicyclic) bond motifs is 1. The van der Waals surface area contributed by atoms with Crippen LogP contribution in [-0.4, -0.2) is 20.5 Å². The summed E-state index contributed by atoms with van der Waals surface area (Å²) >= 11 is 1.46. The van der Waals surface area contributed by atoms with Crippen LogP contribution in [0.15, 0.2) is 48.5 Å². The Morgan fingerprint density at radius 3 is 2.07 bits per heavy atom. The van der Waals surface area contributed by atoms with Crippen molar-refractivity contribution >= 4 is 22.3 Å². The number of aromatic nitrogens is 2. The maximum atomic E-state index is 11.4. The van der Waals surface area contributed by atoms with Crippen LogP contribution in [-0.2, 0) is 11.2 Å². The summed E-state index contributed by atoms with van der Waals surface area (Å²) in [6.45, 7) is 6.16. The van der Waals surface area contributed by atoms with Gasteiger partial charge >= 0.3 is 5.97 Å². The predicted molar refractivity (Wildman–Crippen MR) is 109 cm³/mol. The first kappa shape index (κ1) is 17.5. The molecule has 5 heteroatoms. The molecule has 0 spiro atoms. The van der Waals surface area contributed by atoms with Crippen molar-refractivity contribution in [3.8, 4) is 22.5 Å². The molecule has 0 radical (unpaired) electrons. The summed E-state index contributed by atoms with van der Waals surface area (Å²) < 4.78 is 2.10. The lowest BCUT2D eigenvalue weighted by Gasteiger charge is -2.07. The van der Waals surface area contributed by atoms with Crippen LogP contribution in [0.5, 0.6) is 0 Å². The highest BCUT2D eigenvalue weighted by Crippen LogP contribution is 2.36. The van der Waals surface area contributed by atoms with Gasteiger partial charge in [0.15, 0.2) is 4.96 Å². The summed E-state index contributed by atoms with van der Waals surface area (Å²) in [7, 11) is 0. The smallest absolute Gasteiger partial charge is 0.308 e. The predicted octanol–water partition coefficient (Wildman–Crippen LogP) is 5.28. The molecule has 0 aliphatic heterocycles. The fourth-order valence-electron chi connectivity index (χ4n) is 3.33. The van der Waals surface area contributed by atoms with Gasteiger partial charge in [-0.15, -0.1) is 11.3 Å². The molecule has 0 fully saturated rings. The van der Waals surface area contributed by atoms with E-state index in [1.54, 1.807) is 0 Å². The summed E-state index contributed by atoms with van der Waals surface area (Å²) in [5.74, 6) is -0.829. The lowest BCUT2D eigenvalue weighted by molar-refractivity contribution is -0.136. The number of imidazole rings is 1. The minimum absolute atomic E-state index is 0.00343. The molecular formula is C22H20N2O2S. The van der Waals surface area contributed by atoms with Crippen LogP contribution >= 0.6 is 11.3 Å². The van der Waals surface area contributed by atoms with Crippen molar-refractivity contribution < 1.29 is 9.90 Å². The van der Waals surface area contributed by atoms with Crippen molar-refractivity contribution in [3.05, 3.63) is 70.2 Å². The number of carboxylic acids is 1. The van der Waals surface area contributed by atoms with E-state index in [2.05, 4.69) is 47.7 Å². The highest BCUT2D eigenvalue weighted by molar-refractivity contribution is 7.17. The van der Waals surface area contributed by atoms with Gasteiger partial charge in [0.05, 0.1) is 17.8 Å². The van der Waals surface area contributed by atoms with Crippen molar-refractivity contribution in [1.82, 2.24) is 9.38 Å². The summed E-state index contributed by atoms with van der Waals surface area (Å²) in [5.41, 5.74) is 7.37. The fraction of sp³-hybridized carbons (Fsp3) is 0.182. The molecule has 0 saturated carbocycles. The first-order valence-corrected chi connectivity index (χ1v) is 9.62. The van der Waals surface area contributed by atoms with Gasteiger partial charge in [0.1, 0.15) is 0 Å². The zero-order chi connectivity index (χ0) is 19.1. The van der Waals surface area contributed by atoms with Crippen LogP contribution in [0.3, 0.4) is 0 Å². The van der Waals surface area contributed by atoms with Gasteiger partial charge < -0.3 is 5.11 Å². The molecule has 0 saturated heterocycles. The number of aryl methyl sites for hydroxylation is 3. The molecule has 0 unspecified atom stereocenters. The van der Waals surface area contributed by atoms with Gasteiger partial charge in [-0.2, -0.15) is 0 Å². The minimum atomic E-state index is -0.829. The Labute approximate surface area is 161 Å². The summed E-state index contributed by atoms with van der Waals surface area (Å²) in [5, 5.41) is 9.35. The molecule has 0 bridgehead atoms. The Kier molecular flexibility index (Phi) is 4.32. The normalized spacial score (nSPS) is 11.2. The molecule has 2 aromatic heterocycles. The van der Waals surface area contributed by atoms with E-state index in [0.717, 1.165) is 38.0 Å². The third kappa shape index (κ3) is 3.15. The molecule has 4 aromatic rings. The van der Waals surface area contributed by atoms with E-state index in [-0.39, 0.29) is 6.42 Å². The van der Waals surface area contributed by atoms with E-state index >= 15 is 0 Å². The van der Waals surface area contributed by atoms with Crippen LogP contribution in [0.4, 0.5) is 0 Å². The number of hydrogen-bond donors (Lipinski definition) is 1. The number of rotatable bonds is 4. The Hall–Kier alpha value is -2.92. The second kappa shape index (κ2) is 6.67. The molecular weight excluding hydrogens is 356 g/mol. The summed E-state index contributed by atoms with van der Waals surface area (Å²) in [6, 6.07) is 16.5. The third-order valence-corrected chi connectivity index (χ3v) is 5.78. The van der Waals surface area contributed by atoms with E-state index in [1.807, 2.05) is 26.0 Å². The summed E-state index contributed by atoms with van der Waals surface area (Å²) in [6.07, 6.45) is -0.00343. The SMILES string of the molecule is Cc1ccc(-c2nc3sc(CC(=O)O)c(-c4ccc(C)cc4)n3c2C)cc1. The third-order valence-electron chi connectivity index (χ3n) is 4.74. The molecule has 4 nitrogen and oxygen atoms in total. The van der Waals surface area contributed by atoms with E-state index in [9.17, 15) is 9.90 Å². The quantitative estimate of drug-likeness (QED) is 0.527. The van der Waals surface area contributed by atoms with Crippen molar-refractivity contribution in [2.45, 2.75) is 27.2 Å². The van der Waals surface area contributed by atoms with Gasteiger partial charge in [0, 0.05) is 16.1 Å². The zero-order valence-electron chi connectivity index (χ0n) is 15.5.